The molecule has 0 aliphatic carbocycles. The molecule has 1 aromatic heterocycles. The third-order valence-electron chi connectivity index (χ3n) is 6.42. The molecule has 0 radical (unpaired) electrons. The zero-order valence-electron chi connectivity index (χ0n) is 18.8. The van der Waals surface area contributed by atoms with Gasteiger partial charge in [0.2, 0.25) is 0 Å². The number of aromatic amines is 1. The zero-order chi connectivity index (χ0) is 21.9. The number of rotatable bonds is 7. The van der Waals surface area contributed by atoms with Crippen LogP contribution in [0.5, 0.6) is 5.75 Å². The number of aryl methyl sites for hydroxylation is 1. The Morgan fingerprint density at radius 2 is 1.81 bits per heavy atom. The Bertz CT molecular complexity index is 1190. The van der Waals surface area contributed by atoms with E-state index in [1.807, 2.05) is 23.9 Å². The molecule has 0 bridgehead atoms. The van der Waals surface area contributed by atoms with Crippen LogP contribution in [0.3, 0.4) is 0 Å². The lowest BCUT2D eigenvalue weighted by molar-refractivity contribution is 0.415. The van der Waals surface area contributed by atoms with Crippen molar-refractivity contribution in [1.82, 2.24) is 10.3 Å². The minimum atomic E-state index is 0.540. The summed E-state index contributed by atoms with van der Waals surface area (Å²) in [5.74, 6) is 2.06. The molecule has 1 aliphatic heterocycles. The largest absolute Gasteiger partial charge is 0.497 e. The molecule has 3 aromatic carbocycles. The minimum absolute atomic E-state index is 0.540. The first-order valence-electron chi connectivity index (χ1n) is 11.4. The summed E-state index contributed by atoms with van der Waals surface area (Å²) in [4.78, 5) is 5.10. The van der Waals surface area contributed by atoms with E-state index in [4.69, 9.17) is 4.74 Å². The van der Waals surface area contributed by atoms with E-state index in [2.05, 4.69) is 71.8 Å². The maximum atomic E-state index is 5.33. The fourth-order valence-corrected chi connectivity index (χ4v) is 5.55. The van der Waals surface area contributed by atoms with E-state index in [1.165, 1.54) is 62.3 Å². The molecule has 0 spiro atoms. The van der Waals surface area contributed by atoms with Gasteiger partial charge in [-0.1, -0.05) is 42.0 Å². The molecule has 0 saturated heterocycles. The fraction of sp³-hybridized carbons (Fsp3) is 0.286. The van der Waals surface area contributed by atoms with Gasteiger partial charge >= 0.3 is 0 Å². The van der Waals surface area contributed by atoms with Crippen molar-refractivity contribution in [2.45, 2.75) is 43.7 Å². The second-order valence-electron chi connectivity index (χ2n) is 8.62. The topological polar surface area (TPSA) is 37.0 Å². The van der Waals surface area contributed by atoms with Crippen molar-refractivity contribution >= 4 is 22.7 Å². The summed E-state index contributed by atoms with van der Waals surface area (Å²) in [7, 11) is 1.71. The number of aromatic nitrogens is 1. The van der Waals surface area contributed by atoms with Gasteiger partial charge in [-0.15, -0.1) is 11.8 Å². The van der Waals surface area contributed by atoms with Gasteiger partial charge in [0, 0.05) is 40.5 Å². The van der Waals surface area contributed by atoms with E-state index in [-0.39, 0.29) is 0 Å². The summed E-state index contributed by atoms with van der Waals surface area (Å²) in [6.45, 7) is 3.07. The number of hydrogen-bond donors (Lipinski definition) is 2. The Morgan fingerprint density at radius 1 is 1.00 bits per heavy atom. The minimum Gasteiger partial charge on any atom is -0.497 e. The fourth-order valence-electron chi connectivity index (χ4n) is 4.67. The van der Waals surface area contributed by atoms with Crippen LogP contribution in [-0.4, -0.2) is 23.9 Å². The first kappa shape index (κ1) is 21.2. The molecule has 5 rings (SSSR count). The third kappa shape index (κ3) is 4.43. The van der Waals surface area contributed by atoms with Gasteiger partial charge in [0.15, 0.2) is 0 Å². The summed E-state index contributed by atoms with van der Waals surface area (Å²) in [6.07, 6.45) is 3.50. The highest BCUT2D eigenvalue weighted by atomic mass is 32.2. The van der Waals surface area contributed by atoms with Crippen molar-refractivity contribution in [3.8, 4) is 16.9 Å². The van der Waals surface area contributed by atoms with E-state index < -0.39 is 0 Å². The number of fused-ring (bicyclic) bond motifs is 3. The van der Waals surface area contributed by atoms with Gasteiger partial charge in [0.05, 0.1) is 7.11 Å². The predicted octanol–water partition coefficient (Wildman–Crippen LogP) is 6.74. The second-order valence-corrected chi connectivity index (χ2v) is 9.79. The summed E-state index contributed by atoms with van der Waals surface area (Å²) in [6, 6.07) is 24.4. The average Bonchev–Trinajstić information content (AvgIpc) is 3.21. The Balaban J connectivity index is 1.27. The van der Waals surface area contributed by atoms with Gasteiger partial charge < -0.3 is 15.0 Å². The summed E-state index contributed by atoms with van der Waals surface area (Å²) in [5.41, 5.74) is 7.91. The van der Waals surface area contributed by atoms with Crippen LogP contribution in [0.1, 0.15) is 29.7 Å². The lowest BCUT2D eigenvalue weighted by Crippen LogP contribution is -2.35. The van der Waals surface area contributed by atoms with E-state index >= 15 is 0 Å². The van der Waals surface area contributed by atoms with Gasteiger partial charge in [-0.25, -0.2) is 0 Å². The normalized spacial score (nSPS) is 15.6. The van der Waals surface area contributed by atoms with E-state index in [1.54, 1.807) is 7.11 Å². The van der Waals surface area contributed by atoms with E-state index in [0.29, 0.717) is 6.04 Å². The van der Waals surface area contributed by atoms with Gasteiger partial charge in [-0.2, -0.15) is 0 Å². The van der Waals surface area contributed by atoms with Crippen molar-refractivity contribution < 1.29 is 4.74 Å². The van der Waals surface area contributed by atoms with Crippen LogP contribution in [-0.2, 0) is 13.0 Å². The molecule has 3 nitrogen and oxygen atoms in total. The number of thioether (sulfide) groups is 1. The highest BCUT2D eigenvalue weighted by Gasteiger charge is 2.23. The van der Waals surface area contributed by atoms with Crippen LogP contribution in [0, 0.1) is 6.92 Å². The van der Waals surface area contributed by atoms with Gasteiger partial charge in [-0.05, 0) is 72.5 Å². The smallest absolute Gasteiger partial charge is 0.118 e. The highest BCUT2D eigenvalue weighted by Crippen LogP contribution is 2.36. The van der Waals surface area contributed by atoms with Gasteiger partial charge in [0.25, 0.3) is 0 Å². The Kier molecular flexibility index (Phi) is 6.24. The molecule has 1 atom stereocenters. The van der Waals surface area contributed by atoms with Crippen molar-refractivity contribution in [3.05, 3.63) is 83.6 Å². The summed E-state index contributed by atoms with van der Waals surface area (Å²) >= 11 is 1.96. The monoisotopic (exact) mass is 442 g/mol. The van der Waals surface area contributed by atoms with Crippen LogP contribution in [0.2, 0.25) is 0 Å². The number of methoxy groups -OCH3 is 1. The standard InChI is InChI=1S/C28H30N2OS/c1-19-8-14-23(15-9-19)32-16-4-5-21-17-27-25(18-29-21)28-24(6-3-7-26(28)30-27)20-10-12-22(31-2)13-11-20/h3,6-15,21,29-30H,4-5,16-18H2,1-2H3. The quantitative estimate of drug-likeness (QED) is 0.246. The van der Waals surface area contributed by atoms with Crippen LogP contribution < -0.4 is 10.1 Å². The number of benzene rings is 3. The molecule has 1 unspecified atom stereocenters. The van der Waals surface area contributed by atoms with Crippen molar-refractivity contribution in [2.24, 2.45) is 0 Å². The van der Waals surface area contributed by atoms with Gasteiger partial charge in [0.1, 0.15) is 5.75 Å². The summed E-state index contributed by atoms with van der Waals surface area (Å²) < 4.78 is 5.33. The number of H-pyrrole nitrogens is 1. The molecule has 4 aromatic rings. The average molecular weight is 443 g/mol. The molecule has 164 valence electrons. The number of ether oxygens (including phenoxy) is 1. The first-order chi connectivity index (χ1) is 15.7. The zero-order valence-corrected chi connectivity index (χ0v) is 19.6. The maximum absolute atomic E-state index is 5.33. The second kappa shape index (κ2) is 9.43. The van der Waals surface area contributed by atoms with Crippen LogP contribution in [0.4, 0.5) is 0 Å². The third-order valence-corrected chi connectivity index (χ3v) is 7.52. The lowest BCUT2D eigenvalue weighted by atomic mass is 9.94. The highest BCUT2D eigenvalue weighted by molar-refractivity contribution is 7.99. The van der Waals surface area contributed by atoms with E-state index in [9.17, 15) is 0 Å². The molecule has 4 heteroatoms. The molecule has 0 saturated carbocycles. The van der Waals surface area contributed by atoms with Crippen molar-refractivity contribution in [1.29, 1.82) is 0 Å². The molecule has 2 heterocycles. The van der Waals surface area contributed by atoms with Crippen molar-refractivity contribution in [2.75, 3.05) is 12.9 Å². The lowest BCUT2D eigenvalue weighted by Gasteiger charge is -2.24. The maximum Gasteiger partial charge on any atom is 0.118 e. The SMILES string of the molecule is COc1ccc(-c2cccc3[nH]c4c(c23)CNC(CCCSc2ccc(C)cc2)C4)cc1. The number of nitrogens with one attached hydrogen (secondary N) is 2. The van der Waals surface area contributed by atoms with Crippen LogP contribution in [0.25, 0.3) is 22.0 Å². The van der Waals surface area contributed by atoms with Crippen LogP contribution in [0.15, 0.2) is 71.6 Å². The Labute approximate surface area is 194 Å². The molecule has 0 amide bonds. The molecule has 32 heavy (non-hydrogen) atoms. The van der Waals surface area contributed by atoms with Crippen molar-refractivity contribution in [3.63, 3.8) is 0 Å². The first-order valence-corrected chi connectivity index (χ1v) is 12.4. The van der Waals surface area contributed by atoms with Gasteiger partial charge in [-0.3, -0.25) is 0 Å². The van der Waals surface area contributed by atoms with E-state index in [0.717, 1.165) is 18.7 Å². The molecule has 2 N–H and O–H groups in total. The molecular formula is C28H30N2OS. The van der Waals surface area contributed by atoms with Crippen LogP contribution >= 0.6 is 11.8 Å². The Hall–Kier alpha value is -2.69. The molecular weight excluding hydrogens is 412 g/mol. The summed E-state index contributed by atoms with van der Waals surface area (Å²) in [5, 5.41) is 5.16. The predicted molar refractivity (Wildman–Crippen MR) is 136 cm³/mol. The molecule has 0 fully saturated rings. The molecule has 1 aliphatic rings. The Morgan fingerprint density at radius 3 is 2.59 bits per heavy atom. The number of hydrogen-bond acceptors (Lipinski definition) is 3.